The third-order valence-corrected chi connectivity index (χ3v) is 8.46. The second-order valence-corrected chi connectivity index (χ2v) is 18.0. The number of thioether (sulfide) groups is 1. The lowest BCUT2D eigenvalue weighted by Crippen LogP contribution is -2.35. The van der Waals surface area contributed by atoms with Crippen LogP contribution < -0.4 is 0 Å². The minimum Gasteiger partial charge on any atom is -0.290 e. The van der Waals surface area contributed by atoms with Gasteiger partial charge in [-0.25, -0.2) is 0 Å². The smallest absolute Gasteiger partial charge is 0.177 e. The van der Waals surface area contributed by atoms with Crippen molar-refractivity contribution >= 4 is 33.7 Å². The molecule has 1 nitrogen and oxygen atoms in total. The van der Waals surface area contributed by atoms with Gasteiger partial charge in [-0.3, -0.25) is 4.79 Å². The Kier molecular flexibility index (Phi) is 3.12. The van der Waals surface area contributed by atoms with Crippen LogP contribution >= 0.6 is 11.8 Å². The summed E-state index contributed by atoms with van der Waals surface area (Å²) in [6, 6.07) is 0. The van der Waals surface area contributed by atoms with Crippen molar-refractivity contribution in [3.63, 3.8) is 0 Å². The predicted octanol–water partition coefficient (Wildman–Crippen LogP) is 3.66. The lowest BCUT2D eigenvalue weighted by atomic mass is 10.2. The Bertz CT molecular complexity index is 407. The molecule has 2 rings (SSSR count). The van der Waals surface area contributed by atoms with Gasteiger partial charge in [-0.2, -0.15) is 11.8 Å². The van der Waals surface area contributed by atoms with Gasteiger partial charge in [0.1, 0.15) is 0 Å². The molecule has 0 aromatic rings. The first-order valence-corrected chi connectivity index (χ1v) is 14.4. The summed E-state index contributed by atoms with van der Waals surface area (Å²) in [5.41, 5.74) is 2.88. The highest BCUT2D eigenvalue weighted by Gasteiger charge is 2.44. The Labute approximate surface area is 111 Å². The SMILES string of the molecule is C[Si](C)(C)C1=C2CSCC2=C([Si](C)(C)C)C1=O. The largest absolute Gasteiger partial charge is 0.290 e. The molecule has 1 aliphatic heterocycles. The van der Waals surface area contributed by atoms with Crippen LogP contribution in [0, 0.1) is 0 Å². The molecule has 1 aliphatic carbocycles. The van der Waals surface area contributed by atoms with E-state index in [9.17, 15) is 4.79 Å². The summed E-state index contributed by atoms with van der Waals surface area (Å²) in [5, 5.41) is 2.49. The fourth-order valence-electron chi connectivity index (χ4n) is 2.86. The normalized spacial score (nSPS) is 21.6. The van der Waals surface area contributed by atoms with Gasteiger partial charge >= 0.3 is 0 Å². The van der Waals surface area contributed by atoms with E-state index in [-0.39, 0.29) is 0 Å². The molecule has 2 aliphatic rings. The van der Waals surface area contributed by atoms with Crippen molar-refractivity contribution in [3.05, 3.63) is 21.5 Å². The average molecular weight is 283 g/mol. The molecule has 0 atom stereocenters. The second-order valence-electron chi connectivity index (χ2n) is 7.03. The van der Waals surface area contributed by atoms with Gasteiger partial charge in [-0.15, -0.1) is 0 Å². The van der Waals surface area contributed by atoms with E-state index in [0.29, 0.717) is 5.78 Å². The molecular formula is C13H22OSSi2. The maximum Gasteiger partial charge on any atom is 0.177 e. The first-order chi connectivity index (χ1) is 7.64. The quantitative estimate of drug-likeness (QED) is 0.719. The van der Waals surface area contributed by atoms with Crippen LogP contribution in [0.1, 0.15) is 0 Å². The Morgan fingerprint density at radius 2 is 1.18 bits per heavy atom. The fraction of sp³-hybridized carbons (Fsp3) is 0.615. The van der Waals surface area contributed by atoms with Crippen LogP contribution in [0.25, 0.3) is 0 Å². The van der Waals surface area contributed by atoms with Crippen LogP contribution in [0.5, 0.6) is 0 Å². The van der Waals surface area contributed by atoms with Crippen LogP contribution in [-0.2, 0) is 4.79 Å². The maximum absolute atomic E-state index is 12.8. The maximum atomic E-state index is 12.8. The first-order valence-electron chi connectivity index (χ1n) is 6.24. The summed E-state index contributed by atoms with van der Waals surface area (Å²) in [4.78, 5) is 12.8. The van der Waals surface area contributed by atoms with Crippen molar-refractivity contribution in [1.29, 1.82) is 0 Å². The zero-order valence-electron chi connectivity index (χ0n) is 11.7. The molecule has 1 heterocycles. The van der Waals surface area contributed by atoms with E-state index in [0.717, 1.165) is 11.5 Å². The van der Waals surface area contributed by atoms with Gasteiger partial charge in [0.2, 0.25) is 0 Å². The minimum absolute atomic E-state index is 0.439. The topological polar surface area (TPSA) is 17.1 Å². The van der Waals surface area contributed by atoms with Crippen LogP contribution in [-0.4, -0.2) is 33.4 Å². The van der Waals surface area contributed by atoms with E-state index in [2.05, 4.69) is 39.3 Å². The van der Waals surface area contributed by atoms with Crippen molar-refractivity contribution in [1.82, 2.24) is 0 Å². The van der Waals surface area contributed by atoms with Gasteiger partial charge in [-0.1, -0.05) is 39.3 Å². The Morgan fingerprint density at radius 3 is 1.47 bits per heavy atom. The van der Waals surface area contributed by atoms with Crippen molar-refractivity contribution in [2.45, 2.75) is 39.3 Å². The van der Waals surface area contributed by atoms with Crippen LogP contribution in [0.4, 0.5) is 0 Å². The molecule has 0 aromatic heterocycles. The zero-order valence-corrected chi connectivity index (χ0v) is 14.5. The third-order valence-electron chi connectivity index (χ3n) is 3.41. The van der Waals surface area contributed by atoms with Gasteiger partial charge in [-0.05, 0) is 21.5 Å². The molecule has 94 valence electrons. The zero-order chi connectivity index (χ0) is 13.0. The molecule has 1 fully saturated rings. The Balaban J connectivity index is 2.58. The van der Waals surface area contributed by atoms with Crippen molar-refractivity contribution in [2.75, 3.05) is 11.5 Å². The summed E-state index contributed by atoms with van der Waals surface area (Å²) >= 11 is 1.98. The van der Waals surface area contributed by atoms with E-state index in [1.807, 2.05) is 11.8 Å². The molecule has 0 radical (unpaired) electrons. The van der Waals surface area contributed by atoms with E-state index in [4.69, 9.17) is 0 Å². The van der Waals surface area contributed by atoms with E-state index in [1.54, 1.807) is 0 Å². The van der Waals surface area contributed by atoms with Crippen molar-refractivity contribution < 1.29 is 4.79 Å². The molecule has 0 aromatic carbocycles. The third kappa shape index (κ3) is 2.15. The van der Waals surface area contributed by atoms with Gasteiger partial charge < -0.3 is 0 Å². The number of allylic oxidation sites excluding steroid dienone is 2. The van der Waals surface area contributed by atoms with Gasteiger partial charge in [0, 0.05) is 11.5 Å². The highest BCUT2D eigenvalue weighted by Crippen LogP contribution is 2.45. The highest BCUT2D eigenvalue weighted by molar-refractivity contribution is 8.00. The number of hydrogen-bond donors (Lipinski definition) is 0. The molecule has 0 N–H and O–H groups in total. The molecule has 0 spiro atoms. The van der Waals surface area contributed by atoms with Crippen molar-refractivity contribution in [2.24, 2.45) is 0 Å². The number of carbonyl (C=O) groups is 1. The molecule has 17 heavy (non-hydrogen) atoms. The molecule has 0 bridgehead atoms. The number of carbonyl (C=O) groups excluding carboxylic acids is 1. The number of ketones is 1. The number of rotatable bonds is 2. The molecule has 0 amide bonds. The summed E-state index contributed by atoms with van der Waals surface area (Å²) in [7, 11) is -2.99. The average Bonchev–Trinajstić information content (AvgIpc) is 2.55. The number of hydrogen-bond acceptors (Lipinski definition) is 2. The molecule has 0 saturated carbocycles. The number of fused-ring (bicyclic) bond motifs is 1. The van der Waals surface area contributed by atoms with Crippen LogP contribution in [0.3, 0.4) is 0 Å². The van der Waals surface area contributed by atoms with E-state index >= 15 is 0 Å². The summed E-state index contributed by atoms with van der Waals surface area (Å²) in [5.74, 6) is 2.59. The summed E-state index contributed by atoms with van der Waals surface area (Å²) < 4.78 is 0. The Morgan fingerprint density at radius 1 is 0.824 bits per heavy atom. The van der Waals surface area contributed by atoms with Gasteiger partial charge in [0.05, 0.1) is 16.1 Å². The van der Waals surface area contributed by atoms with Crippen LogP contribution in [0.2, 0.25) is 39.3 Å². The fourth-order valence-corrected chi connectivity index (χ4v) is 8.29. The van der Waals surface area contributed by atoms with E-state index in [1.165, 1.54) is 21.5 Å². The summed E-state index contributed by atoms with van der Waals surface area (Å²) in [6.07, 6.45) is 0. The highest BCUT2D eigenvalue weighted by atomic mass is 32.2. The van der Waals surface area contributed by atoms with Crippen molar-refractivity contribution in [3.8, 4) is 0 Å². The standard InChI is InChI=1S/C13H22OSSi2/c1-16(2,3)12-9-7-15-8-10(9)13(11(12)14)17(4,5)6/h7-8H2,1-6H3. The molecule has 4 heteroatoms. The second kappa shape index (κ2) is 3.97. The molecular weight excluding hydrogens is 260 g/mol. The molecule has 0 unspecified atom stereocenters. The summed E-state index contributed by atoms with van der Waals surface area (Å²) in [6.45, 7) is 13.8. The van der Waals surface area contributed by atoms with Crippen LogP contribution in [0.15, 0.2) is 21.5 Å². The first kappa shape index (κ1) is 13.4. The minimum atomic E-state index is -1.50. The van der Waals surface area contributed by atoms with Gasteiger partial charge in [0.15, 0.2) is 5.78 Å². The molecule has 1 saturated heterocycles. The van der Waals surface area contributed by atoms with Gasteiger partial charge in [0.25, 0.3) is 0 Å². The lowest BCUT2D eigenvalue weighted by Gasteiger charge is -2.23. The predicted molar refractivity (Wildman–Crippen MR) is 83.1 cm³/mol. The number of Topliss-reactive ketones (excluding diaryl/α,β-unsaturated/α-hetero) is 1. The monoisotopic (exact) mass is 282 g/mol. The Hall–Kier alpha value is -0.0662. The lowest BCUT2D eigenvalue weighted by molar-refractivity contribution is -0.111. The van der Waals surface area contributed by atoms with E-state index < -0.39 is 16.1 Å².